The third-order valence-electron chi connectivity index (χ3n) is 3.59. The van der Waals surface area contributed by atoms with Crippen LogP contribution in [0.5, 0.6) is 0 Å². The number of hydrogen-bond acceptors (Lipinski definition) is 4. The van der Waals surface area contributed by atoms with Crippen LogP contribution in [0.4, 0.5) is 10.1 Å². The van der Waals surface area contributed by atoms with Crippen LogP contribution < -0.4 is 16.0 Å². The molecule has 1 aliphatic heterocycles. The standard InChI is InChI=1S/C16H24FN5O2.HI/c1-18-16(19-6-7-22-8-10-24-11-9-22)20-12-15(23)21-14-4-2-13(17)3-5-14;/h2-5H,6-12H2,1H3,(H,21,23)(H2,18,19,20);1H. The first-order valence-electron chi connectivity index (χ1n) is 7.97. The summed E-state index contributed by atoms with van der Waals surface area (Å²) in [5, 5.41) is 8.80. The van der Waals surface area contributed by atoms with Crippen molar-refractivity contribution in [3.63, 3.8) is 0 Å². The number of hydrogen-bond donors (Lipinski definition) is 3. The molecule has 0 radical (unpaired) electrons. The van der Waals surface area contributed by atoms with E-state index in [1.807, 2.05) is 0 Å². The summed E-state index contributed by atoms with van der Waals surface area (Å²) in [6.45, 7) is 5.13. The van der Waals surface area contributed by atoms with E-state index < -0.39 is 0 Å². The Hall–Kier alpha value is -1.46. The van der Waals surface area contributed by atoms with Crippen molar-refractivity contribution < 1.29 is 13.9 Å². The average Bonchev–Trinajstić information content (AvgIpc) is 2.61. The molecular weight excluding hydrogens is 440 g/mol. The van der Waals surface area contributed by atoms with Crippen LogP contribution in [0.2, 0.25) is 0 Å². The third kappa shape index (κ3) is 8.45. The maximum atomic E-state index is 12.8. The number of anilines is 1. The zero-order chi connectivity index (χ0) is 17.2. The van der Waals surface area contributed by atoms with Crippen molar-refractivity contribution in [2.75, 3.05) is 58.3 Å². The highest BCUT2D eigenvalue weighted by Crippen LogP contribution is 2.07. The molecule has 0 aliphatic carbocycles. The van der Waals surface area contributed by atoms with E-state index in [0.29, 0.717) is 11.6 Å². The molecule has 0 bridgehead atoms. The molecule has 1 aromatic rings. The minimum atomic E-state index is -0.337. The van der Waals surface area contributed by atoms with Crippen LogP contribution in [0.3, 0.4) is 0 Å². The lowest BCUT2D eigenvalue weighted by molar-refractivity contribution is -0.115. The molecule has 9 heteroatoms. The Morgan fingerprint density at radius 3 is 2.56 bits per heavy atom. The molecule has 25 heavy (non-hydrogen) atoms. The first kappa shape index (κ1) is 21.6. The van der Waals surface area contributed by atoms with Gasteiger partial charge in [0.25, 0.3) is 0 Å². The van der Waals surface area contributed by atoms with Gasteiger partial charge in [0.1, 0.15) is 5.82 Å². The molecule has 0 saturated carbocycles. The van der Waals surface area contributed by atoms with Gasteiger partial charge in [0.05, 0.1) is 19.8 Å². The molecule has 0 spiro atoms. The summed E-state index contributed by atoms with van der Waals surface area (Å²) in [6, 6.07) is 5.63. The number of amides is 1. The lowest BCUT2D eigenvalue weighted by atomic mass is 10.3. The largest absolute Gasteiger partial charge is 0.379 e. The van der Waals surface area contributed by atoms with Crippen molar-refractivity contribution in [1.82, 2.24) is 15.5 Å². The van der Waals surface area contributed by atoms with Gasteiger partial charge in [0.2, 0.25) is 5.91 Å². The maximum Gasteiger partial charge on any atom is 0.243 e. The Balaban J connectivity index is 0.00000312. The molecule has 1 aliphatic rings. The number of nitrogens with one attached hydrogen (secondary N) is 3. The van der Waals surface area contributed by atoms with Gasteiger partial charge < -0.3 is 20.7 Å². The van der Waals surface area contributed by atoms with Crippen molar-refractivity contribution in [3.05, 3.63) is 30.1 Å². The van der Waals surface area contributed by atoms with Crippen molar-refractivity contribution in [2.45, 2.75) is 0 Å². The molecular formula is C16H25FIN5O2. The first-order valence-corrected chi connectivity index (χ1v) is 7.97. The summed E-state index contributed by atoms with van der Waals surface area (Å²) in [4.78, 5) is 18.3. The van der Waals surface area contributed by atoms with Gasteiger partial charge in [-0.15, -0.1) is 24.0 Å². The number of carbonyl (C=O) groups is 1. The van der Waals surface area contributed by atoms with E-state index in [1.54, 1.807) is 7.05 Å². The predicted molar refractivity (Wildman–Crippen MR) is 107 cm³/mol. The summed E-state index contributed by atoms with van der Waals surface area (Å²) < 4.78 is 18.1. The van der Waals surface area contributed by atoms with Crippen molar-refractivity contribution in [1.29, 1.82) is 0 Å². The number of carbonyl (C=O) groups excluding carboxylic acids is 1. The van der Waals surface area contributed by atoms with Gasteiger partial charge in [-0.1, -0.05) is 0 Å². The molecule has 0 atom stereocenters. The topological polar surface area (TPSA) is 78.0 Å². The Morgan fingerprint density at radius 1 is 1.24 bits per heavy atom. The van der Waals surface area contributed by atoms with E-state index in [4.69, 9.17) is 4.74 Å². The van der Waals surface area contributed by atoms with Crippen LogP contribution in [-0.2, 0) is 9.53 Å². The number of rotatable bonds is 6. The molecule has 2 rings (SSSR count). The molecule has 140 valence electrons. The molecule has 1 heterocycles. The highest BCUT2D eigenvalue weighted by Gasteiger charge is 2.10. The molecule has 0 unspecified atom stereocenters. The first-order chi connectivity index (χ1) is 11.7. The number of morpholine rings is 1. The normalized spacial score (nSPS) is 15.2. The lowest BCUT2D eigenvalue weighted by Crippen LogP contribution is -2.45. The fourth-order valence-corrected chi connectivity index (χ4v) is 2.28. The second-order valence-corrected chi connectivity index (χ2v) is 5.36. The second-order valence-electron chi connectivity index (χ2n) is 5.36. The van der Waals surface area contributed by atoms with Crippen LogP contribution in [0.15, 0.2) is 29.3 Å². The van der Waals surface area contributed by atoms with Crippen LogP contribution in [0, 0.1) is 5.82 Å². The fourth-order valence-electron chi connectivity index (χ4n) is 2.28. The van der Waals surface area contributed by atoms with Crippen LogP contribution in [-0.4, -0.2) is 69.8 Å². The second kappa shape index (κ2) is 12.0. The maximum absolute atomic E-state index is 12.8. The van der Waals surface area contributed by atoms with E-state index in [2.05, 4.69) is 25.8 Å². The van der Waals surface area contributed by atoms with Gasteiger partial charge >= 0.3 is 0 Å². The summed E-state index contributed by atoms with van der Waals surface area (Å²) >= 11 is 0. The highest BCUT2D eigenvalue weighted by atomic mass is 127. The van der Waals surface area contributed by atoms with E-state index in [1.165, 1.54) is 24.3 Å². The number of aliphatic imine (C=N–C) groups is 1. The van der Waals surface area contributed by atoms with Gasteiger partial charge in [-0.2, -0.15) is 0 Å². The highest BCUT2D eigenvalue weighted by molar-refractivity contribution is 14.0. The Morgan fingerprint density at radius 2 is 1.92 bits per heavy atom. The number of halogens is 2. The zero-order valence-electron chi connectivity index (χ0n) is 14.3. The Labute approximate surface area is 164 Å². The SMILES string of the molecule is CN=C(NCCN1CCOCC1)NCC(=O)Nc1ccc(F)cc1.I. The molecule has 1 aromatic carbocycles. The summed E-state index contributed by atoms with van der Waals surface area (Å²) in [7, 11) is 1.65. The third-order valence-corrected chi connectivity index (χ3v) is 3.59. The van der Waals surface area contributed by atoms with Gasteiger partial charge in [0, 0.05) is 38.9 Å². The van der Waals surface area contributed by atoms with E-state index in [0.717, 1.165) is 39.4 Å². The van der Waals surface area contributed by atoms with E-state index in [9.17, 15) is 9.18 Å². The van der Waals surface area contributed by atoms with E-state index >= 15 is 0 Å². The quantitative estimate of drug-likeness (QED) is 0.331. The molecule has 7 nitrogen and oxygen atoms in total. The molecule has 0 aromatic heterocycles. The van der Waals surface area contributed by atoms with E-state index in [-0.39, 0.29) is 42.2 Å². The summed E-state index contributed by atoms with van der Waals surface area (Å²) in [5.74, 6) is 0.00578. The Bertz CT molecular complexity index is 550. The smallest absolute Gasteiger partial charge is 0.243 e. The number of benzene rings is 1. The van der Waals surface area contributed by atoms with Gasteiger partial charge in [0.15, 0.2) is 5.96 Å². The zero-order valence-corrected chi connectivity index (χ0v) is 16.6. The minimum Gasteiger partial charge on any atom is -0.379 e. The molecule has 1 fully saturated rings. The monoisotopic (exact) mass is 465 g/mol. The summed E-state index contributed by atoms with van der Waals surface area (Å²) in [5.41, 5.74) is 0.554. The van der Waals surface area contributed by atoms with Crippen LogP contribution in [0.1, 0.15) is 0 Å². The Kier molecular flexibility index (Phi) is 10.3. The number of guanidine groups is 1. The van der Waals surface area contributed by atoms with Gasteiger partial charge in [-0.25, -0.2) is 4.39 Å². The minimum absolute atomic E-state index is 0. The molecule has 1 amide bonds. The molecule has 1 saturated heterocycles. The van der Waals surface area contributed by atoms with Gasteiger partial charge in [-0.3, -0.25) is 14.7 Å². The van der Waals surface area contributed by atoms with Gasteiger partial charge in [-0.05, 0) is 24.3 Å². The summed E-state index contributed by atoms with van der Waals surface area (Å²) in [6.07, 6.45) is 0. The van der Waals surface area contributed by atoms with Crippen molar-refractivity contribution >= 4 is 41.5 Å². The van der Waals surface area contributed by atoms with Crippen molar-refractivity contribution in [3.8, 4) is 0 Å². The lowest BCUT2D eigenvalue weighted by Gasteiger charge is -2.26. The predicted octanol–water partition coefficient (Wildman–Crippen LogP) is 0.879. The number of nitrogens with zero attached hydrogens (tertiary/aromatic N) is 2. The van der Waals surface area contributed by atoms with Crippen molar-refractivity contribution in [2.24, 2.45) is 4.99 Å². The average molecular weight is 465 g/mol. The molecule has 3 N–H and O–H groups in total. The fraction of sp³-hybridized carbons (Fsp3) is 0.500. The van der Waals surface area contributed by atoms with Crippen LogP contribution in [0.25, 0.3) is 0 Å². The number of ether oxygens (including phenoxy) is 1. The van der Waals surface area contributed by atoms with Crippen LogP contribution >= 0.6 is 24.0 Å².